The van der Waals surface area contributed by atoms with E-state index in [0.717, 1.165) is 17.5 Å². The molecule has 5 heteroatoms. The Morgan fingerprint density at radius 3 is 2.50 bits per heavy atom. The molecule has 1 N–H and O–H groups in total. The summed E-state index contributed by atoms with van der Waals surface area (Å²) in [5, 5.41) is 18.9. The van der Waals surface area contributed by atoms with Gasteiger partial charge >= 0.3 is 6.92 Å². The van der Waals surface area contributed by atoms with Crippen molar-refractivity contribution in [3.8, 4) is 6.07 Å². The number of rotatable bonds is 2. The van der Waals surface area contributed by atoms with E-state index >= 15 is 0 Å². The van der Waals surface area contributed by atoms with E-state index < -0.39 is 0 Å². The van der Waals surface area contributed by atoms with Gasteiger partial charge in [0.05, 0.1) is 23.0 Å². The second-order valence-electron chi connectivity index (χ2n) is 7.65. The van der Waals surface area contributed by atoms with Gasteiger partial charge in [-0.1, -0.05) is 19.9 Å². The van der Waals surface area contributed by atoms with Gasteiger partial charge in [0.2, 0.25) is 0 Å². The molecule has 2 fully saturated rings. The number of anilines is 1. The Balaban J connectivity index is 1.86. The quantitative estimate of drug-likeness (QED) is 0.846. The van der Waals surface area contributed by atoms with Gasteiger partial charge in [-0.2, -0.15) is 5.26 Å². The Hall–Kier alpha value is -1.51. The minimum absolute atomic E-state index is 0.0353. The van der Waals surface area contributed by atoms with Gasteiger partial charge in [-0.05, 0) is 43.2 Å². The van der Waals surface area contributed by atoms with Crippen molar-refractivity contribution in [3.05, 3.63) is 23.8 Å². The summed E-state index contributed by atoms with van der Waals surface area (Å²) in [6.45, 7) is 9.97. The molecule has 4 nitrogen and oxygen atoms in total. The van der Waals surface area contributed by atoms with Crippen LogP contribution in [0.25, 0.3) is 0 Å². The second kappa shape index (κ2) is 5.01. The lowest BCUT2D eigenvalue weighted by Gasteiger charge is -2.38. The summed E-state index contributed by atoms with van der Waals surface area (Å²) in [5.74, 6) is 0. The monoisotopic (exact) mass is 298 g/mol. The summed E-state index contributed by atoms with van der Waals surface area (Å²) >= 11 is 0. The zero-order chi connectivity index (χ0) is 16.1. The standard InChI is InChI=1S/C17H23BN2O2/c1-16(2)11-18(22-17(16,3)4)13-5-6-15(12(7-13)8-19)20-9-14(21)10-20/h5-7,14,21H,9-11H2,1-4H3. The first-order valence-corrected chi connectivity index (χ1v) is 7.88. The van der Waals surface area contributed by atoms with Crippen LogP contribution in [0.2, 0.25) is 6.32 Å². The lowest BCUT2D eigenvalue weighted by atomic mass is 9.54. The summed E-state index contributed by atoms with van der Waals surface area (Å²) in [6.07, 6.45) is 0.679. The van der Waals surface area contributed by atoms with E-state index in [1.54, 1.807) is 0 Å². The topological polar surface area (TPSA) is 56.5 Å². The van der Waals surface area contributed by atoms with Gasteiger partial charge in [-0.25, -0.2) is 0 Å². The Labute approximate surface area is 132 Å². The smallest absolute Gasteiger partial charge is 0.328 e. The fourth-order valence-electron chi connectivity index (χ4n) is 3.22. The van der Waals surface area contributed by atoms with Gasteiger partial charge in [0.15, 0.2) is 0 Å². The molecule has 0 bridgehead atoms. The van der Waals surface area contributed by atoms with Gasteiger partial charge in [0, 0.05) is 13.1 Å². The normalized spacial score (nSPS) is 23.3. The zero-order valence-corrected chi connectivity index (χ0v) is 13.8. The number of aliphatic hydroxyl groups excluding tert-OH is 1. The number of nitriles is 1. The fourth-order valence-corrected chi connectivity index (χ4v) is 3.22. The van der Waals surface area contributed by atoms with Gasteiger partial charge in [0.25, 0.3) is 0 Å². The van der Waals surface area contributed by atoms with E-state index in [1.165, 1.54) is 0 Å². The highest BCUT2D eigenvalue weighted by Gasteiger charge is 2.49. The Morgan fingerprint density at radius 1 is 1.32 bits per heavy atom. The van der Waals surface area contributed by atoms with Crippen molar-refractivity contribution in [2.45, 2.75) is 45.7 Å². The minimum Gasteiger partial charge on any atom is -0.426 e. The van der Waals surface area contributed by atoms with Gasteiger partial charge in [0.1, 0.15) is 6.07 Å². The lowest BCUT2D eigenvalue weighted by molar-refractivity contribution is 0.0375. The van der Waals surface area contributed by atoms with E-state index in [4.69, 9.17) is 4.65 Å². The lowest BCUT2D eigenvalue weighted by Crippen LogP contribution is -2.51. The summed E-state index contributed by atoms with van der Waals surface area (Å²) in [4.78, 5) is 2.04. The predicted octanol–water partition coefficient (Wildman–Crippen LogP) is 1.77. The van der Waals surface area contributed by atoms with Crippen LogP contribution in [0.3, 0.4) is 0 Å². The molecule has 0 saturated carbocycles. The van der Waals surface area contributed by atoms with E-state index in [0.29, 0.717) is 18.7 Å². The number of hydrogen-bond donors (Lipinski definition) is 1. The molecule has 0 radical (unpaired) electrons. The molecule has 2 aliphatic rings. The van der Waals surface area contributed by atoms with Gasteiger partial charge in [-0.3, -0.25) is 0 Å². The van der Waals surface area contributed by atoms with E-state index in [1.807, 2.05) is 17.0 Å². The van der Waals surface area contributed by atoms with Crippen LogP contribution in [0.5, 0.6) is 0 Å². The van der Waals surface area contributed by atoms with Crippen LogP contribution in [0, 0.1) is 16.7 Å². The third-order valence-electron chi connectivity index (χ3n) is 5.48. The maximum absolute atomic E-state index is 9.45. The van der Waals surface area contributed by atoms with Crippen molar-refractivity contribution in [1.29, 1.82) is 5.26 Å². The van der Waals surface area contributed by atoms with Crippen molar-refractivity contribution in [2.24, 2.45) is 5.41 Å². The molecule has 0 spiro atoms. The summed E-state index contributed by atoms with van der Waals surface area (Å²) in [7, 11) is 0. The average Bonchev–Trinajstić information content (AvgIpc) is 2.63. The SMILES string of the molecule is CC1(C)CB(c2ccc(N3CC(O)C3)c(C#N)c2)OC1(C)C. The Morgan fingerprint density at radius 2 is 2.00 bits per heavy atom. The van der Waals surface area contributed by atoms with Crippen molar-refractivity contribution < 1.29 is 9.76 Å². The van der Waals surface area contributed by atoms with Crippen LogP contribution < -0.4 is 10.4 Å². The zero-order valence-electron chi connectivity index (χ0n) is 13.8. The number of aliphatic hydroxyl groups is 1. The van der Waals surface area contributed by atoms with E-state index in [9.17, 15) is 10.4 Å². The molecule has 116 valence electrons. The predicted molar refractivity (Wildman–Crippen MR) is 88.5 cm³/mol. The molecule has 0 unspecified atom stereocenters. The summed E-state index contributed by atoms with van der Waals surface area (Å²) in [5.41, 5.74) is 2.57. The molecular weight excluding hydrogens is 275 g/mol. The maximum Gasteiger partial charge on any atom is 0.328 e. The molecule has 1 aromatic carbocycles. The third kappa shape index (κ3) is 2.41. The van der Waals surface area contributed by atoms with Crippen LogP contribution in [-0.2, 0) is 4.65 Å². The number of nitrogens with zero attached hydrogens (tertiary/aromatic N) is 2. The average molecular weight is 298 g/mol. The molecule has 1 aromatic rings. The molecule has 2 aliphatic heterocycles. The molecule has 3 rings (SSSR count). The maximum atomic E-state index is 9.45. The molecule has 0 atom stereocenters. The highest BCUT2D eigenvalue weighted by molar-refractivity contribution is 6.68. The second-order valence-corrected chi connectivity index (χ2v) is 7.65. The highest BCUT2D eigenvalue weighted by atomic mass is 16.5. The molecule has 0 amide bonds. The number of hydrogen-bond acceptors (Lipinski definition) is 4. The van der Waals surface area contributed by atoms with Crippen molar-refractivity contribution in [3.63, 3.8) is 0 Å². The largest absolute Gasteiger partial charge is 0.426 e. The van der Waals surface area contributed by atoms with Gasteiger partial charge < -0.3 is 14.7 Å². The molecule has 2 heterocycles. The Bertz CT molecular complexity index is 614. The van der Waals surface area contributed by atoms with Crippen molar-refractivity contribution in [2.75, 3.05) is 18.0 Å². The van der Waals surface area contributed by atoms with E-state index in [2.05, 4.69) is 39.8 Å². The molecular formula is C17H23BN2O2. The summed E-state index contributed by atoms with van der Waals surface area (Å²) < 4.78 is 6.24. The van der Waals surface area contributed by atoms with Gasteiger partial charge in [-0.15, -0.1) is 0 Å². The fraction of sp³-hybridized carbons (Fsp3) is 0.588. The first-order chi connectivity index (χ1) is 10.2. The molecule has 2 saturated heterocycles. The van der Waals surface area contributed by atoms with E-state index in [-0.39, 0.29) is 24.0 Å². The first-order valence-electron chi connectivity index (χ1n) is 7.88. The van der Waals surface area contributed by atoms with Crippen LogP contribution >= 0.6 is 0 Å². The van der Waals surface area contributed by atoms with Crippen molar-refractivity contribution >= 4 is 18.1 Å². The van der Waals surface area contributed by atoms with Crippen LogP contribution in [0.1, 0.15) is 33.3 Å². The number of β-amino-alcohol motifs (C(OH)–C–C–N with tert-alkyl or cyclic N) is 1. The Kier molecular flexibility index (Phi) is 3.50. The van der Waals surface area contributed by atoms with Crippen LogP contribution in [0.15, 0.2) is 18.2 Å². The first kappa shape index (κ1) is 15.4. The van der Waals surface area contributed by atoms with Crippen LogP contribution in [-0.4, -0.2) is 36.8 Å². The molecule has 0 aromatic heterocycles. The summed E-state index contributed by atoms with van der Waals surface area (Å²) in [6, 6.07) is 8.28. The molecule has 0 aliphatic carbocycles. The minimum atomic E-state index is -0.272. The van der Waals surface area contributed by atoms with Crippen LogP contribution in [0.4, 0.5) is 5.69 Å². The molecule has 22 heavy (non-hydrogen) atoms. The number of benzene rings is 1. The van der Waals surface area contributed by atoms with Crippen molar-refractivity contribution in [1.82, 2.24) is 0 Å². The highest BCUT2D eigenvalue weighted by Crippen LogP contribution is 2.45. The third-order valence-corrected chi connectivity index (χ3v) is 5.48.